The molecule has 23 heavy (non-hydrogen) atoms. The van der Waals surface area contributed by atoms with Crippen molar-refractivity contribution in [2.45, 2.75) is 20.0 Å². The van der Waals surface area contributed by atoms with E-state index in [4.69, 9.17) is 0 Å². The van der Waals surface area contributed by atoms with Crippen molar-refractivity contribution in [1.29, 1.82) is 0 Å². The lowest BCUT2D eigenvalue weighted by atomic mass is 10.0. The molecular formula is C18H16BrN3O. The monoisotopic (exact) mass is 369 g/mol. The number of aromatic hydroxyl groups is 1. The summed E-state index contributed by atoms with van der Waals surface area (Å²) >= 11 is 3.49. The van der Waals surface area contributed by atoms with Gasteiger partial charge in [-0.3, -0.25) is 0 Å². The number of nitrogens with zero attached hydrogens (tertiary/aromatic N) is 2. The maximum absolute atomic E-state index is 10.3. The highest BCUT2D eigenvalue weighted by atomic mass is 79.9. The molecule has 2 aromatic carbocycles. The quantitative estimate of drug-likeness (QED) is 0.658. The largest absolute Gasteiger partial charge is 0.508 e. The van der Waals surface area contributed by atoms with Crippen LogP contribution in [0.3, 0.4) is 0 Å². The predicted octanol–water partition coefficient (Wildman–Crippen LogP) is 4.61. The third-order valence-electron chi connectivity index (χ3n) is 4.22. The second kappa shape index (κ2) is 5.13. The molecule has 2 heterocycles. The summed E-state index contributed by atoms with van der Waals surface area (Å²) in [6, 6.07) is 13.8. The minimum absolute atomic E-state index is 0.246. The number of hydrogen-bond donors (Lipinski definition) is 2. The molecule has 4 rings (SSSR count). The molecule has 1 aromatic heterocycles. The van der Waals surface area contributed by atoms with Gasteiger partial charge in [-0.15, -0.1) is 0 Å². The predicted molar refractivity (Wildman–Crippen MR) is 94.7 cm³/mol. The fourth-order valence-corrected chi connectivity index (χ4v) is 3.52. The lowest BCUT2D eigenvalue weighted by Crippen LogP contribution is -2.26. The molecule has 3 aromatic rings. The SMILES string of the molecule is Cc1cc2n(n1)C(c1cc(Br)ccc1O)Nc1c(C)cccc1-2. The summed E-state index contributed by atoms with van der Waals surface area (Å²) < 4.78 is 2.87. The second-order valence-corrected chi connectivity index (χ2v) is 6.78. The van der Waals surface area contributed by atoms with Crippen molar-refractivity contribution in [1.82, 2.24) is 9.78 Å². The smallest absolute Gasteiger partial charge is 0.150 e. The number of hydrogen-bond acceptors (Lipinski definition) is 3. The van der Waals surface area contributed by atoms with Gasteiger partial charge >= 0.3 is 0 Å². The van der Waals surface area contributed by atoms with Crippen molar-refractivity contribution in [2.75, 3.05) is 5.32 Å². The summed E-state index contributed by atoms with van der Waals surface area (Å²) in [5.74, 6) is 0.252. The number of phenolic OH excluding ortho intramolecular Hbond substituents is 1. The van der Waals surface area contributed by atoms with Crippen LogP contribution in [-0.4, -0.2) is 14.9 Å². The highest BCUT2D eigenvalue weighted by Crippen LogP contribution is 2.42. The van der Waals surface area contributed by atoms with Gasteiger partial charge in [0.05, 0.1) is 11.4 Å². The Labute approximate surface area is 142 Å². The molecule has 1 aliphatic rings. The van der Waals surface area contributed by atoms with E-state index in [1.54, 1.807) is 6.07 Å². The first-order valence-electron chi connectivity index (χ1n) is 7.45. The molecule has 0 saturated heterocycles. The van der Waals surface area contributed by atoms with Crippen LogP contribution in [-0.2, 0) is 0 Å². The molecule has 0 aliphatic carbocycles. The summed E-state index contributed by atoms with van der Waals surface area (Å²) in [6.07, 6.45) is -0.246. The molecule has 0 spiro atoms. The Morgan fingerprint density at radius 2 is 2.00 bits per heavy atom. The van der Waals surface area contributed by atoms with Crippen LogP contribution in [0.2, 0.25) is 0 Å². The molecule has 1 unspecified atom stereocenters. The number of aromatic nitrogens is 2. The third-order valence-corrected chi connectivity index (χ3v) is 4.71. The molecular weight excluding hydrogens is 354 g/mol. The molecule has 0 amide bonds. The normalized spacial score (nSPS) is 15.7. The van der Waals surface area contributed by atoms with Gasteiger partial charge in [-0.1, -0.05) is 34.1 Å². The van der Waals surface area contributed by atoms with Gasteiger partial charge in [0.2, 0.25) is 0 Å². The Kier molecular flexibility index (Phi) is 3.20. The number of aryl methyl sites for hydroxylation is 2. The summed E-state index contributed by atoms with van der Waals surface area (Å²) in [5, 5.41) is 18.5. The number of anilines is 1. The van der Waals surface area contributed by atoms with E-state index in [2.05, 4.69) is 57.5 Å². The molecule has 4 nitrogen and oxygen atoms in total. The number of phenols is 1. The number of para-hydroxylation sites is 1. The van der Waals surface area contributed by atoms with Crippen LogP contribution in [0.1, 0.15) is 23.0 Å². The minimum Gasteiger partial charge on any atom is -0.508 e. The van der Waals surface area contributed by atoms with Crippen molar-refractivity contribution in [3.63, 3.8) is 0 Å². The Hall–Kier alpha value is -2.27. The van der Waals surface area contributed by atoms with Crippen LogP contribution in [0, 0.1) is 13.8 Å². The fraction of sp³-hybridized carbons (Fsp3) is 0.167. The van der Waals surface area contributed by atoms with E-state index in [-0.39, 0.29) is 11.9 Å². The minimum atomic E-state index is -0.246. The van der Waals surface area contributed by atoms with E-state index >= 15 is 0 Å². The summed E-state index contributed by atoms with van der Waals surface area (Å²) in [4.78, 5) is 0. The Morgan fingerprint density at radius 1 is 1.17 bits per heavy atom. The van der Waals surface area contributed by atoms with Gasteiger partial charge in [-0.2, -0.15) is 5.10 Å². The van der Waals surface area contributed by atoms with E-state index < -0.39 is 0 Å². The van der Waals surface area contributed by atoms with E-state index in [0.717, 1.165) is 32.7 Å². The summed E-state index contributed by atoms with van der Waals surface area (Å²) in [5.41, 5.74) is 6.20. The zero-order valence-corrected chi connectivity index (χ0v) is 14.4. The van der Waals surface area contributed by atoms with Crippen molar-refractivity contribution in [3.05, 3.63) is 63.8 Å². The lowest BCUT2D eigenvalue weighted by Gasteiger charge is -2.30. The molecule has 1 atom stereocenters. The number of benzene rings is 2. The topological polar surface area (TPSA) is 50.1 Å². The lowest BCUT2D eigenvalue weighted by molar-refractivity contribution is 0.452. The molecule has 0 fully saturated rings. The van der Waals surface area contributed by atoms with Crippen LogP contribution in [0.15, 0.2) is 46.9 Å². The number of rotatable bonds is 1. The fourth-order valence-electron chi connectivity index (χ4n) is 3.14. The summed E-state index contributed by atoms with van der Waals surface area (Å²) in [7, 11) is 0. The van der Waals surface area contributed by atoms with E-state index in [1.165, 1.54) is 5.56 Å². The van der Waals surface area contributed by atoms with E-state index in [0.29, 0.717) is 0 Å². The van der Waals surface area contributed by atoms with Gasteiger partial charge in [0.1, 0.15) is 5.75 Å². The maximum atomic E-state index is 10.3. The average molecular weight is 370 g/mol. The third kappa shape index (κ3) is 2.23. The molecule has 1 aliphatic heterocycles. The maximum Gasteiger partial charge on any atom is 0.150 e. The number of fused-ring (bicyclic) bond motifs is 3. The molecule has 0 radical (unpaired) electrons. The van der Waals surface area contributed by atoms with Crippen molar-refractivity contribution in [2.24, 2.45) is 0 Å². The first-order valence-corrected chi connectivity index (χ1v) is 8.25. The van der Waals surface area contributed by atoms with Crippen molar-refractivity contribution in [3.8, 4) is 17.0 Å². The van der Waals surface area contributed by atoms with Crippen LogP contribution < -0.4 is 5.32 Å². The second-order valence-electron chi connectivity index (χ2n) is 5.86. The van der Waals surface area contributed by atoms with E-state index in [1.807, 2.05) is 23.7 Å². The first-order chi connectivity index (χ1) is 11.0. The van der Waals surface area contributed by atoms with Crippen molar-refractivity contribution >= 4 is 21.6 Å². The molecule has 5 heteroatoms. The Balaban J connectivity index is 1.97. The number of nitrogens with one attached hydrogen (secondary N) is 1. The van der Waals surface area contributed by atoms with Gasteiger partial charge in [0.15, 0.2) is 6.17 Å². The first kappa shape index (κ1) is 14.3. The van der Waals surface area contributed by atoms with Gasteiger partial charge in [0, 0.05) is 21.3 Å². The molecule has 0 bridgehead atoms. The van der Waals surface area contributed by atoms with Gasteiger partial charge in [-0.05, 0) is 43.7 Å². The summed E-state index contributed by atoms with van der Waals surface area (Å²) in [6.45, 7) is 4.07. The molecule has 0 saturated carbocycles. The van der Waals surface area contributed by atoms with Crippen LogP contribution in [0.5, 0.6) is 5.75 Å². The number of halogens is 1. The molecule has 116 valence electrons. The van der Waals surface area contributed by atoms with Crippen molar-refractivity contribution < 1.29 is 5.11 Å². The Morgan fingerprint density at radius 3 is 2.83 bits per heavy atom. The van der Waals surface area contributed by atoms with Crippen LogP contribution >= 0.6 is 15.9 Å². The Bertz CT molecular complexity index is 917. The van der Waals surface area contributed by atoms with Crippen LogP contribution in [0.25, 0.3) is 11.3 Å². The van der Waals surface area contributed by atoms with Gasteiger partial charge < -0.3 is 10.4 Å². The highest BCUT2D eigenvalue weighted by molar-refractivity contribution is 9.10. The van der Waals surface area contributed by atoms with E-state index in [9.17, 15) is 5.11 Å². The molecule has 2 N–H and O–H groups in total. The van der Waals surface area contributed by atoms with Gasteiger partial charge in [0.25, 0.3) is 0 Å². The average Bonchev–Trinajstić information content (AvgIpc) is 2.91. The standard InChI is InChI=1S/C18H16BrN3O/c1-10-4-3-5-13-15-8-11(2)21-22(15)18(20-17(10)13)14-9-12(19)6-7-16(14)23/h3-9,18,20,23H,1-2H3. The highest BCUT2D eigenvalue weighted by Gasteiger charge is 2.28. The van der Waals surface area contributed by atoms with Gasteiger partial charge in [-0.25, -0.2) is 4.68 Å². The van der Waals surface area contributed by atoms with Crippen LogP contribution in [0.4, 0.5) is 5.69 Å². The zero-order valence-electron chi connectivity index (χ0n) is 12.8. The zero-order chi connectivity index (χ0) is 16.1.